The molecule has 1 heterocycles. The zero-order valence-electron chi connectivity index (χ0n) is 18.1. The Morgan fingerprint density at radius 2 is 1.87 bits per heavy atom. The van der Waals surface area contributed by atoms with Gasteiger partial charge in [0, 0.05) is 43.3 Å². The Balaban J connectivity index is 1.48. The first-order valence-electron chi connectivity index (χ1n) is 10.7. The lowest BCUT2D eigenvalue weighted by Gasteiger charge is -2.27. The molecule has 0 aromatic heterocycles. The second kappa shape index (κ2) is 11.2. The molecule has 0 spiro atoms. The summed E-state index contributed by atoms with van der Waals surface area (Å²) >= 11 is 6.00. The number of benzene rings is 2. The third-order valence-corrected chi connectivity index (χ3v) is 5.92. The van der Waals surface area contributed by atoms with Crippen molar-refractivity contribution < 1.29 is 14.3 Å². The predicted octanol–water partition coefficient (Wildman–Crippen LogP) is 3.84. The molecule has 1 unspecified atom stereocenters. The Hall–Kier alpha value is -2.57. The number of anilines is 1. The van der Waals surface area contributed by atoms with Gasteiger partial charge in [0.15, 0.2) is 0 Å². The molecule has 1 aliphatic rings. The molecule has 0 bridgehead atoms. The summed E-state index contributed by atoms with van der Waals surface area (Å²) < 4.78 is 5.17. The summed E-state index contributed by atoms with van der Waals surface area (Å²) in [5, 5.41) is 3.51. The summed E-state index contributed by atoms with van der Waals surface area (Å²) in [5.41, 5.74) is 1.81. The third-order valence-electron chi connectivity index (χ3n) is 5.69. The molecule has 166 valence electrons. The lowest BCUT2D eigenvalue weighted by atomic mass is 10.1. The normalized spacial score (nSPS) is 15.8. The Bertz CT molecular complexity index is 888. The van der Waals surface area contributed by atoms with Gasteiger partial charge in [-0.1, -0.05) is 29.8 Å². The SMILES string of the molecule is COc1ccc(CCC(=O)N2CCCN(C(C)C(=O)Nc3cccc(Cl)c3)CC2)cc1. The summed E-state index contributed by atoms with van der Waals surface area (Å²) in [6, 6.07) is 14.7. The lowest BCUT2D eigenvalue weighted by molar-refractivity contribution is -0.131. The number of amides is 2. The van der Waals surface area contributed by atoms with Crippen molar-refractivity contribution >= 4 is 29.1 Å². The van der Waals surface area contributed by atoms with E-state index in [2.05, 4.69) is 10.2 Å². The molecule has 1 fully saturated rings. The molecule has 2 aromatic carbocycles. The summed E-state index contributed by atoms with van der Waals surface area (Å²) in [6.07, 6.45) is 2.04. The van der Waals surface area contributed by atoms with Gasteiger partial charge in [0.25, 0.3) is 0 Å². The fourth-order valence-electron chi connectivity index (χ4n) is 3.75. The Labute approximate surface area is 189 Å². The fraction of sp³-hybridized carbons (Fsp3) is 0.417. The molecule has 7 heteroatoms. The quantitative estimate of drug-likeness (QED) is 0.706. The summed E-state index contributed by atoms with van der Waals surface area (Å²) in [6.45, 7) is 4.72. The van der Waals surface area contributed by atoms with Gasteiger partial charge in [-0.3, -0.25) is 14.5 Å². The summed E-state index contributed by atoms with van der Waals surface area (Å²) in [7, 11) is 1.64. The zero-order valence-corrected chi connectivity index (χ0v) is 18.9. The van der Waals surface area contributed by atoms with Gasteiger partial charge in [0.05, 0.1) is 13.2 Å². The van der Waals surface area contributed by atoms with Crippen LogP contribution in [0.4, 0.5) is 5.69 Å². The first-order valence-corrected chi connectivity index (χ1v) is 11.1. The van der Waals surface area contributed by atoms with Crippen molar-refractivity contribution in [3.05, 3.63) is 59.1 Å². The Morgan fingerprint density at radius 1 is 1.10 bits per heavy atom. The van der Waals surface area contributed by atoms with Crippen LogP contribution in [0.5, 0.6) is 5.75 Å². The van der Waals surface area contributed by atoms with Gasteiger partial charge in [0.1, 0.15) is 5.75 Å². The van der Waals surface area contributed by atoms with Crippen molar-refractivity contribution in [1.82, 2.24) is 9.80 Å². The van der Waals surface area contributed by atoms with E-state index in [4.69, 9.17) is 16.3 Å². The lowest BCUT2D eigenvalue weighted by Crippen LogP contribution is -2.44. The number of hydrogen-bond donors (Lipinski definition) is 1. The van der Waals surface area contributed by atoms with Crippen LogP contribution < -0.4 is 10.1 Å². The molecular weight excluding hydrogens is 414 g/mol. The maximum Gasteiger partial charge on any atom is 0.241 e. The van der Waals surface area contributed by atoms with E-state index in [9.17, 15) is 9.59 Å². The van der Waals surface area contributed by atoms with E-state index in [-0.39, 0.29) is 17.9 Å². The van der Waals surface area contributed by atoms with Crippen LogP contribution in [0.2, 0.25) is 5.02 Å². The smallest absolute Gasteiger partial charge is 0.241 e. The van der Waals surface area contributed by atoms with E-state index in [1.54, 1.807) is 19.2 Å². The van der Waals surface area contributed by atoms with E-state index in [1.807, 2.05) is 48.2 Å². The second-order valence-electron chi connectivity index (χ2n) is 7.79. The second-order valence-corrected chi connectivity index (χ2v) is 8.23. The van der Waals surface area contributed by atoms with E-state index in [1.165, 1.54) is 0 Å². The molecule has 1 saturated heterocycles. The van der Waals surface area contributed by atoms with Crippen LogP contribution in [0.1, 0.15) is 25.3 Å². The highest BCUT2D eigenvalue weighted by atomic mass is 35.5. The first kappa shape index (κ1) is 23.1. The monoisotopic (exact) mass is 443 g/mol. The zero-order chi connectivity index (χ0) is 22.2. The highest BCUT2D eigenvalue weighted by molar-refractivity contribution is 6.30. The van der Waals surface area contributed by atoms with Gasteiger partial charge in [-0.15, -0.1) is 0 Å². The molecule has 0 aliphatic carbocycles. The number of halogens is 1. The molecule has 1 aliphatic heterocycles. The third kappa shape index (κ3) is 6.71. The molecule has 2 aromatic rings. The number of nitrogens with one attached hydrogen (secondary N) is 1. The predicted molar refractivity (Wildman–Crippen MR) is 124 cm³/mol. The molecule has 2 amide bonds. The number of nitrogens with zero attached hydrogens (tertiary/aromatic N) is 2. The van der Waals surface area contributed by atoms with Crippen LogP contribution >= 0.6 is 11.6 Å². The van der Waals surface area contributed by atoms with Crippen molar-refractivity contribution in [2.45, 2.75) is 32.2 Å². The summed E-state index contributed by atoms with van der Waals surface area (Å²) in [4.78, 5) is 29.4. The molecule has 31 heavy (non-hydrogen) atoms. The van der Waals surface area contributed by atoms with E-state index >= 15 is 0 Å². The van der Waals surface area contributed by atoms with Crippen molar-refractivity contribution in [3.8, 4) is 5.75 Å². The number of ether oxygens (including phenoxy) is 1. The fourth-order valence-corrected chi connectivity index (χ4v) is 3.94. The van der Waals surface area contributed by atoms with Gasteiger partial charge in [0.2, 0.25) is 11.8 Å². The summed E-state index contributed by atoms with van der Waals surface area (Å²) in [5.74, 6) is 0.909. The van der Waals surface area contributed by atoms with E-state index in [0.717, 1.165) is 30.8 Å². The maximum absolute atomic E-state index is 12.7. The molecule has 0 saturated carbocycles. The van der Waals surface area contributed by atoms with E-state index in [0.29, 0.717) is 36.6 Å². The van der Waals surface area contributed by atoms with Crippen LogP contribution in [0, 0.1) is 0 Å². The number of rotatable bonds is 7. The number of methoxy groups -OCH3 is 1. The standard InChI is InChI=1S/C24H30ClN3O3/c1-18(24(30)26-21-6-3-5-20(25)17-21)27-13-4-14-28(16-15-27)23(29)12-9-19-7-10-22(31-2)11-8-19/h3,5-8,10-11,17-18H,4,9,12-16H2,1-2H3,(H,26,30). The molecule has 3 rings (SSSR count). The van der Waals surface area contributed by atoms with Gasteiger partial charge < -0.3 is 15.0 Å². The molecule has 1 N–H and O–H groups in total. The highest BCUT2D eigenvalue weighted by Gasteiger charge is 2.25. The molecular formula is C24H30ClN3O3. The Kier molecular flexibility index (Phi) is 8.32. The number of hydrogen-bond acceptors (Lipinski definition) is 4. The Morgan fingerprint density at radius 3 is 2.58 bits per heavy atom. The largest absolute Gasteiger partial charge is 0.497 e. The van der Waals surface area contributed by atoms with Crippen LogP contribution in [-0.2, 0) is 16.0 Å². The van der Waals surface area contributed by atoms with Gasteiger partial charge >= 0.3 is 0 Å². The van der Waals surface area contributed by atoms with Crippen LogP contribution in [0.3, 0.4) is 0 Å². The number of aryl methyl sites for hydroxylation is 1. The first-order chi connectivity index (χ1) is 15.0. The average molecular weight is 444 g/mol. The van der Waals surface area contributed by atoms with Gasteiger partial charge in [-0.2, -0.15) is 0 Å². The van der Waals surface area contributed by atoms with E-state index < -0.39 is 0 Å². The van der Waals surface area contributed by atoms with Crippen LogP contribution in [0.25, 0.3) is 0 Å². The molecule has 0 radical (unpaired) electrons. The average Bonchev–Trinajstić information content (AvgIpc) is 3.03. The molecule has 1 atom stereocenters. The van der Waals surface area contributed by atoms with Crippen molar-refractivity contribution in [2.75, 3.05) is 38.6 Å². The van der Waals surface area contributed by atoms with Crippen molar-refractivity contribution in [3.63, 3.8) is 0 Å². The van der Waals surface area contributed by atoms with Crippen LogP contribution in [-0.4, -0.2) is 60.9 Å². The van der Waals surface area contributed by atoms with Crippen molar-refractivity contribution in [1.29, 1.82) is 0 Å². The highest BCUT2D eigenvalue weighted by Crippen LogP contribution is 2.17. The van der Waals surface area contributed by atoms with Crippen molar-refractivity contribution in [2.24, 2.45) is 0 Å². The number of carbonyl (C=O) groups is 2. The number of carbonyl (C=O) groups excluding carboxylic acids is 2. The topological polar surface area (TPSA) is 61.9 Å². The maximum atomic E-state index is 12.7. The minimum absolute atomic E-state index is 0.0680. The van der Waals surface area contributed by atoms with Gasteiger partial charge in [-0.05, 0) is 55.7 Å². The minimum Gasteiger partial charge on any atom is -0.497 e. The van der Waals surface area contributed by atoms with Crippen LogP contribution in [0.15, 0.2) is 48.5 Å². The minimum atomic E-state index is -0.284. The van der Waals surface area contributed by atoms with Gasteiger partial charge in [-0.25, -0.2) is 0 Å². The molecule has 6 nitrogen and oxygen atoms in total.